The lowest BCUT2D eigenvalue weighted by atomic mass is 10.1. The molecule has 0 radical (unpaired) electrons. The minimum absolute atomic E-state index is 0.0891. The van der Waals surface area contributed by atoms with E-state index in [2.05, 4.69) is 5.10 Å². The first-order valence-electron chi connectivity index (χ1n) is 6.59. The molecule has 2 aromatic rings. The number of carboxylic acid groups (broad SMARTS) is 1. The molecule has 6 heteroatoms. The van der Waals surface area contributed by atoms with E-state index in [0.717, 1.165) is 12.1 Å². The molecule has 0 aliphatic heterocycles. The Morgan fingerprint density at radius 1 is 1.33 bits per heavy atom. The van der Waals surface area contributed by atoms with Crippen LogP contribution >= 0.6 is 0 Å². The third-order valence-electron chi connectivity index (χ3n) is 3.31. The minimum atomic E-state index is -1.07. The number of benzene rings is 1. The van der Waals surface area contributed by atoms with Crippen molar-refractivity contribution < 1.29 is 14.7 Å². The van der Waals surface area contributed by atoms with Crippen molar-refractivity contribution in [2.45, 2.75) is 13.3 Å². The molecular weight excluding hydrogens is 270 g/mol. The molecule has 1 aromatic heterocycles. The number of aromatic carboxylic acids is 1. The number of amides is 1. The summed E-state index contributed by atoms with van der Waals surface area (Å²) in [7, 11) is 3.26. The molecule has 0 fully saturated rings. The average Bonchev–Trinajstić information content (AvgIpc) is 2.86. The summed E-state index contributed by atoms with van der Waals surface area (Å²) in [5, 5.41) is 13.4. The van der Waals surface area contributed by atoms with E-state index in [1.54, 1.807) is 38.4 Å². The highest BCUT2D eigenvalue weighted by Crippen LogP contribution is 2.21. The Balaban J connectivity index is 2.40. The molecule has 21 heavy (non-hydrogen) atoms. The number of aromatic nitrogens is 2. The molecule has 0 saturated carbocycles. The second kappa shape index (κ2) is 5.78. The fourth-order valence-corrected chi connectivity index (χ4v) is 2.13. The molecule has 0 unspecified atom stereocenters. The summed E-state index contributed by atoms with van der Waals surface area (Å²) >= 11 is 0. The quantitative estimate of drug-likeness (QED) is 0.932. The SMILES string of the molecule is CCc1cc(C(=O)N(C)c2ccccc2C(=O)O)n(C)n1. The van der Waals surface area contributed by atoms with Crippen molar-refractivity contribution in [2.75, 3.05) is 11.9 Å². The molecule has 110 valence electrons. The molecule has 1 heterocycles. The average molecular weight is 287 g/mol. The monoisotopic (exact) mass is 287 g/mol. The Morgan fingerprint density at radius 3 is 2.57 bits per heavy atom. The molecule has 0 saturated heterocycles. The molecule has 0 spiro atoms. The summed E-state index contributed by atoms with van der Waals surface area (Å²) in [5.41, 5.74) is 1.69. The molecule has 0 aliphatic carbocycles. The number of carbonyl (C=O) groups excluding carboxylic acids is 1. The lowest BCUT2D eigenvalue weighted by Gasteiger charge is -2.19. The Labute approximate surface area is 122 Å². The summed E-state index contributed by atoms with van der Waals surface area (Å²) in [4.78, 5) is 25.1. The van der Waals surface area contributed by atoms with Crippen molar-refractivity contribution >= 4 is 17.6 Å². The number of aryl methyl sites for hydroxylation is 2. The Morgan fingerprint density at radius 2 is 2.00 bits per heavy atom. The standard InChI is InChI=1S/C15H17N3O3/c1-4-10-9-13(18(3)16-10)14(19)17(2)12-8-6-5-7-11(12)15(20)21/h5-9H,4H2,1-3H3,(H,20,21). The van der Waals surface area contributed by atoms with Crippen LogP contribution in [0.4, 0.5) is 5.69 Å². The number of rotatable bonds is 4. The van der Waals surface area contributed by atoms with Gasteiger partial charge in [-0.2, -0.15) is 5.10 Å². The maximum atomic E-state index is 12.5. The van der Waals surface area contributed by atoms with Crippen LogP contribution in [0.1, 0.15) is 33.5 Å². The molecule has 0 aliphatic rings. The molecule has 1 amide bonds. The number of carboxylic acids is 1. The predicted molar refractivity (Wildman–Crippen MR) is 78.7 cm³/mol. The number of nitrogens with zero attached hydrogens (tertiary/aromatic N) is 3. The number of hydrogen-bond acceptors (Lipinski definition) is 3. The highest BCUT2D eigenvalue weighted by molar-refractivity contribution is 6.08. The van der Waals surface area contributed by atoms with E-state index in [4.69, 9.17) is 0 Å². The van der Waals surface area contributed by atoms with Gasteiger partial charge in [0.05, 0.1) is 16.9 Å². The van der Waals surface area contributed by atoms with E-state index >= 15 is 0 Å². The fraction of sp³-hybridized carbons (Fsp3) is 0.267. The predicted octanol–water partition coefficient (Wildman–Crippen LogP) is 1.96. The minimum Gasteiger partial charge on any atom is -0.478 e. The highest BCUT2D eigenvalue weighted by atomic mass is 16.4. The smallest absolute Gasteiger partial charge is 0.337 e. The van der Waals surface area contributed by atoms with Crippen LogP contribution in [0.15, 0.2) is 30.3 Å². The van der Waals surface area contributed by atoms with Crippen molar-refractivity contribution in [1.29, 1.82) is 0 Å². The van der Waals surface area contributed by atoms with Gasteiger partial charge in [-0.3, -0.25) is 9.48 Å². The first-order valence-corrected chi connectivity index (χ1v) is 6.59. The number of para-hydroxylation sites is 1. The molecular formula is C15H17N3O3. The maximum absolute atomic E-state index is 12.5. The Kier molecular flexibility index (Phi) is 4.07. The van der Waals surface area contributed by atoms with E-state index in [1.807, 2.05) is 6.92 Å². The number of anilines is 1. The zero-order valence-electron chi connectivity index (χ0n) is 12.2. The Bertz CT molecular complexity index is 691. The highest BCUT2D eigenvalue weighted by Gasteiger charge is 2.21. The van der Waals surface area contributed by atoms with Crippen LogP contribution in [-0.4, -0.2) is 33.8 Å². The van der Waals surface area contributed by atoms with Gasteiger partial charge in [-0.25, -0.2) is 4.79 Å². The van der Waals surface area contributed by atoms with E-state index in [9.17, 15) is 14.7 Å². The van der Waals surface area contributed by atoms with Crippen LogP contribution in [0.25, 0.3) is 0 Å². The van der Waals surface area contributed by atoms with Crippen molar-refractivity contribution in [3.63, 3.8) is 0 Å². The largest absolute Gasteiger partial charge is 0.478 e. The van der Waals surface area contributed by atoms with Crippen LogP contribution in [0, 0.1) is 0 Å². The summed E-state index contributed by atoms with van der Waals surface area (Å²) < 4.78 is 1.51. The third-order valence-corrected chi connectivity index (χ3v) is 3.31. The van der Waals surface area contributed by atoms with Crippen molar-refractivity contribution in [3.8, 4) is 0 Å². The van der Waals surface area contributed by atoms with Gasteiger partial charge in [0.25, 0.3) is 5.91 Å². The molecule has 2 rings (SSSR count). The van der Waals surface area contributed by atoms with Crippen LogP contribution in [0.2, 0.25) is 0 Å². The van der Waals surface area contributed by atoms with Gasteiger partial charge in [0, 0.05) is 14.1 Å². The van der Waals surface area contributed by atoms with Crippen LogP contribution < -0.4 is 4.90 Å². The number of hydrogen-bond donors (Lipinski definition) is 1. The van der Waals surface area contributed by atoms with Gasteiger partial charge in [0.2, 0.25) is 0 Å². The molecule has 0 atom stereocenters. The summed E-state index contributed by atoms with van der Waals surface area (Å²) in [6, 6.07) is 8.14. The topological polar surface area (TPSA) is 75.4 Å². The van der Waals surface area contributed by atoms with Gasteiger partial charge >= 0.3 is 5.97 Å². The summed E-state index contributed by atoms with van der Waals surface area (Å²) in [6.07, 6.45) is 0.733. The van der Waals surface area contributed by atoms with Gasteiger partial charge < -0.3 is 10.0 Å². The van der Waals surface area contributed by atoms with E-state index < -0.39 is 5.97 Å². The zero-order valence-corrected chi connectivity index (χ0v) is 12.2. The van der Waals surface area contributed by atoms with Crippen LogP contribution in [0.3, 0.4) is 0 Å². The second-order valence-corrected chi connectivity index (χ2v) is 4.68. The molecule has 1 aromatic carbocycles. The van der Waals surface area contributed by atoms with Gasteiger partial charge in [0.15, 0.2) is 0 Å². The normalized spacial score (nSPS) is 10.4. The number of carbonyl (C=O) groups is 2. The van der Waals surface area contributed by atoms with Gasteiger partial charge in [-0.05, 0) is 24.6 Å². The van der Waals surface area contributed by atoms with Crippen molar-refractivity contribution in [3.05, 3.63) is 47.3 Å². The summed E-state index contributed by atoms with van der Waals surface area (Å²) in [6.45, 7) is 1.96. The first-order chi connectivity index (χ1) is 9.95. The fourth-order valence-electron chi connectivity index (χ4n) is 2.13. The van der Waals surface area contributed by atoms with E-state index in [0.29, 0.717) is 11.4 Å². The zero-order chi connectivity index (χ0) is 15.6. The molecule has 0 bridgehead atoms. The third kappa shape index (κ3) is 2.79. The van der Waals surface area contributed by atoms with Gasteiger partial charge in [-0.15, -0.1) is 0 Å². The van der Waals surface area contributed by atoms with Crippen molar-refractivity contribution in [1.82, 2.24) is 9.78 Å². The van der Waals surface area contributed by atoms with E-state index in [-0.39, 0.29) is 11.5 Å². The molecule has 6 nitrogen and oxygen atoms in total. The maximum Gasteiger partial charge on any atom is 0.337 e. The first kappa shape index (κ1) is 14.8. The van der Waals surface area contributed by atoms with Crippen molar-refractivity contribution in [2.24, 2.45) is 7.05 Å². The lowest BCUT2D eigenvalue weighted by Crippen LogP contribution is -2.29. The van der Waals surface area contributed by atoms with Crippen LogP contribution in [-0.2, 0) is 13.5 Å². The molecule has 1 N–H and O–H groups in total. The second-order valence-electron chi connectivity index (χ2n) is 4.68. The van der Waals surface area contributed by atoms with Crippen LogP contribution in [0.5, 0.6) is 0 Å². The van der Waals surface area contributed by atoms with Gasteiger partial charge in [-0.1, -0.05) is 19.1 Å². The van der Waals surface area contributed by atoms with E-state index in [1.165, 1.54) is 15.6 Å². The van der Waals surface area contributed by atoms with Gasteiger partial charge in [0.1, 0.15) is 5.69 Å². The lowest BCUT2D eigenvalue weighted by molar-refractivity contribution is 0.0697. The summed E-state index contributed by atoms with van der Waals surface area (Å²) in [5.74, 6) is -1.36. The Hall–Kier alpha value is -2.63.